The van der Waals surface area contributed by atoms with Crippen molar-refractivity contribution in [2.24, 2.45) is 0 Å². The number of allylic oxidation sites excluding steroid dienone is 3. The van der Waals surface area contributed by atoms with Gasteiger partial charge in [0.1, 0.15) is 6.54 Å². The summed E-state index contributed by atoms with van der Waals surface area (Å²) in [6, 6.07) is 0. The van der Waals surface area contributed by atoms with Crippen LogP contribution in [0, 0.1) is 6.92 Å². The number of thioether (sulfide) groups is 1. The molecule has 0 bridgehead atoms. The maximum absolute atomic E-state index is 2.34. The van der Waals surface area contributed by atoms with Crippen LogP contribution in [0.1, 0.15) is 31.5 Å². The summed E-state index contributed by atoms with van der Waals surface area (Å²) in [5, 5.41) is 7.05. The molecule has 0 amide bonds. The highest BCUT2D eigenvalue weighted by molar-refractivity contribution is 8.06. The van der Waals surface area contributed by atoms with Crippen LogP contribution in [0.15, 0.2) is 33.7 Å². The molecule has 0 atom stereocenters. The highest BCUT2D eigenvalue weighted by atomic mass is 32.2. The molecule has 1 aromatic heterocycles. The first-order chi connectivity index (χ1) is 9.17. The molecule has 2 heterocycles. The van der Waals surface area contributed by atoms with Crippen LogP contribution in [0.5, 0.6) is 0 Å². The Hall–Kier alpha value is -1.00. The molecule has 102 valence electrons. The zero-order chi connectivity index (χ0) is 13.8. The van der Waals surface area contributed by atoms with Crippen molar-refractivity contribution in [3.63, 3.8) is 0 Å². The van der Waals surface area contributed by atoms with E-state index in [2.05, 4.69) is 66.2 Å². The molecule has 1 aliphatic rings. The molecule has 1 aromatic rings. The lowest BCUT2D eigenvalue weighted by Crippen LogP contribution is -2.35. The van der Waals surface area contributed by atoms with Crippen molar-refractivity contribution >= 4 is 29.2 Å². The smallest absolute Gasteiger partial charge is 0.261 e. The summed E-state index contributed by atoms with van der Waals surface area (Å²) >= 11 is 3.61. The third-order valence-electron chi connectivity index (χ3n) is 3.19. The van der Waals surface area contributed by atoms with E-state index >= 15 is 0 Å². The minimum absolute atomic E-state index is 1.03. The second kappa shape index (κ2) is 6.44. The summed E-state index contributed by atoms with van der Waals surface area (Å²) in [7, 11) is 0. The lowest BCUT2D eigenvalue weighted by molar-refractivity contribution is -0.696. The molecule has 0 unspecified atom stereocenters. The van der Waals surface area contributed by atoms with Crippen LogP contribution in [0.2, 0.25) is 0 Å². The van der Waals surface area contributed by atoms with E-state index in [0.29, 0.717) is 0 Å². The fourth-order valence-electron chi connectivity index (χ4n) is 2.18. The number of aryl methyl sites for hydroxylation is 1. The summed E-state index contributed by atoms with van der Waals surface area (Å²) in [4.78, 5) is 2.34. The second-order valence-electron chi connectivity index (χ2n) is 4.44. The van der Waals surface area contributed by atoms with Crippen LogP contribution in [-0.2, 0) is 6.54 Å². The molecule has 2 rings (SSSR count). The van der Waals surface area contributed by atoms with E-state index in [-0.39, 0.29) is 0 Å². The zero-order valence-electron chi connectivity index (χ0n) is 12.0. The highest BCUT2D eigenvalue weighted by Crippen LogP contribution is 2.33. The monoisotopic (exact) mass is 293 g/mol. The van der Waals surface area contributed by atoms with Gasteiger partial charge in [-0.2, -0.15) is 4.57 Å². The van der Waals surface area contributed by atoms with Gasteiger partial charge < -0.3 is 4.90 Å². The van der Waals surface area contributed by atoms with E-state index in [9.17, 15) is 0 Å². The highest BCUT2D eigenvalue weighted by Gasteiger charge is 2.15. The van der Waals surface area contributed by atoms with Crippen molar-refractivity contribution in [3.05, 3.63) is 44.4 Å². The van der Waals surface area contributed by atoms with Gasteiger partial charge in [0.2, 0.25) is 0 Å². The fraction of sp³-hybridized carbons (Fsp3) is 0.400. The Morgan fingerprint density at radius 2 is 2.11 bits per heavy atom. The molecule has 0 saturated carbocycles. The van der Waals surface area contributed by atoms with Crippen molar-refractivity contribution in [1.82, 2.24) is 4.90 Å². The van der Waals surface area contributed by atoms with Gasteiger partial charge in [-0.15, -0.1) is 0 Å². The number of thiazole rings is 1. The number of hydrogen-bond donors (Lipinski definition) is 0. The Morgan fingerprint density at radius 3 is 2.79 bits per heavy atom. The van der Waals surface area contributed by atoms with E-state index in [1.165, 1.54) is 21.4 Å². The van der Waals surface area contributed by atoms with Crippen molar-refractivity contribution in [1.29, 1.82) is 0 Å². The first-order valence-electron chi connectivity index (χ1n) is 6.64. The first kappa shape index (κ1) is 14.4. The molecule has 0 spiro atoms. The largest absolute Gasteiger partial charge is 0.340 e. The maximum Gasteiger partial charge on any atom is 0.261 e. The third kappa shape index (κ3) is 3.12. The number of rotatable bonds is 4. The summed E-state index contributed by atoms with van der Waals surface area (Å²) in [5.74, 6) is 0. The Balaban J connectivity index is 2.12. The van der Waals surface area contributed by atoms with E-state index in [4.69, 9.17) is 0 Å². The standard InChI is InChI=1S/C15H21N2S2/c1-5-16-12(3)10-18-14(16)8-7-9-15-17(6-2)13(4)11-19-15/h7-11H,5-6H2,1-4H3/q+1. The van der Waals surface area contributed by atoms with Crippen LogP contribution in [0.3, 0.4) is 0 Å². The SMILES string of the molecule is CCN1C(C)=CS/C1=C\C=C\c1scc(C)[n+]1CC. The lowest BCUT2D eigenvalue weighted by Gasteiger charge is -2.18. The van der Waals surface area contributed by atoms with Crippen LogP contribution in [-0.4, -0.2) is 11.4 Å². The van der Waals surface area contributed by atoms with Gasteiger partial charge in [-0.05, 0) is 32.3 Å². The number of nitrogens with zero attached hydrogens (tertiary/aromatic N) is 2. The summed E-state index contributed by atoms with van der Waals surface area (Å²) in [5.41, 5.74) is 2.67. The van der Waals surface area contributed by atoms with Crippen molar-refractivity contribution in [3.8, 4) is 0 Å². The van der Waals surface area contributed by atoms with Crippen LogP contribution >= 0.6 is 23.1 Å². The fourth-order valence-corrected chi connectivity index (χ4v) is 4.13. The van der Waals surface area contributed by atoms with Gasteiger partial charge >= 0.3 is 0 Å². The lowest BCUT2D eigenvalue weighted by atomic mass is 10.4. The Morgan fingerprint density at radius 1 is 1.32 bits per heavy atom. The van der Waals surface area contributed by atoms with Gasteiger partial charge in [0.05, 0.1) is 10.4 Å². The van der Waals surface area contributed by atoms with Gasteiger partial charge in [0, 0.05) is 25.2 Å². The average Bonchev–Trinajstić information content (AvgIpc) is 2.93. The predicted molar refractivity (Wildman–Crippen MR) is 85.8 cm³/mol. The summed E-state index contributed by atoms with van der Waals surface area (Å²) < 4.78 is 2.34. The topological polar surface area (TPSA) is 7.12 Å². The molecule has 0 N–H and O–H groups in total. The Bertz CT molecular complexity index is 538. The first-order valence-corrected chi connectivity index (χ1v) is 8.40. The van der Waals surface area contributed by atoms with Crippen LogP contribution in [0.4, 0.5) is 0 Å². The molecule has 2 nitrogen and oxygen atoms in total. The number of aromatic nitrogens is 1. The van der Waals surface area contributed by atoms with Crippen LogP contribution < -0.4 is 4.57 Å². The molecular formula is C15H21N2S2+. The van der Waals surface area contributed by atoms with Crippen molar-refractivity contribution in [2.45, 2.75) is 34.2 Å². The van der Waals surface area contributed by atoms with Gasteiger partial charge in [0.25, 0.3) is 5.01 Å². The summed E-state index contributed by atoms with van der Waals surface area (Å²) in [6.45, 7) is 10.8. The Kier molecular flexibility index (Phi) is 4.88. The summed E-state index contributed by atoms with van der Waals surface area (Å²) in [6.07, 6.45) is 6.57. The maximum atomic E-state index is 2.34. The second-order valence-corrected chi connectivity index (χ2v) is 6.22. The van der Waals surface area contributed by atoms with E-state index in [1.807, 2.05) is 0 Å². The Labute approximate surface area is 124 Å². The van der Waals surface area contributed by atoms with E-state index < -0.39 is 0 Å². The normalized spacial score (nSPS) is 17.8. The van der Waals surface area contributed by atoms with E-state index in [0.717, 1.165) is 13.1 Å². The quantitative estimate of drug-likeness (QED) is 0.770. The predicted octanol–water partition coefficient (Wildman–Crippen LogP) is 4.15. The molecule has 19 heavy (non-hydrogen) atoms. The molecular weight excluding hydrogens is 272 g/mol. The molecule has 0 saturated heterocycles. The minimum Gasteiger partial charge on any atom is -0.340 e. The average molecular weight is 293 g/mol. The van der Waals surface area contributed by atoms with Crippen molar-refractivity contribution in [2.75, 3.05) is 6.54 Å². The molecule has 4 heteroatoms. The minimum atomic E-state index is 1.03. The van der Waals surface area contributed by atoms with Gasteiger partial charge in [-0.3, -0.25) is 0 Å². The molecule has 0 radical (unpaired) electrons. The number of hydrogen-bond acceptors (Lipinski definition) is 3. The van der Waals surface area contributed by atoms with Crippen molar-refractivity contribution < 1.29 is 4.57 Å². The molecule has 0 fully saturated rings. The van der Waals surface area contributed by atoms with Gasteiger partial charge in [-0.1, -0.05) is 29.2 Å². The van der Waals surface area contributed by atoms with Crippen LogP contribution in [0.25, 0.3) is 6.08 Å². The zero-order valence-corrected chi connectivity index (χ0v) is 13.6. The van der Waals surface area contributed by atoms with E-state index in [1.54, 1.807) is 23.1 Å². The third-order valence-corrected chi connectivity index (χ3v) is 5.31. The molecule has 0 aromatic carbocycles. The van der Waals surface area contributed by atoms with Gasteiger partial charge in [0.15, 0.2) is 5.69 Å². The molecule has 1 aliphatic heterocycles. The molecule has 0 aliphatic carbocycles. The van der Waals surface area contributed by atoms with Gasteiger partial charge in [-0.25, -0.2) is 0 Å².